The summed E-state index contributed by atoms with van der Waals surface area (Å²) in [4.78, 5) is 31.4. The van der Waals surface area contributed by atoms with Crippen molar-refractivity contribution in [2.24, 2.45) is 10.9 Å². The van der Waals surface area contributed by atoms with Gasteiger partial charge in [-0.2, -0.15) is 0 Å². The number of rotatable bonds is 14. The number of ether oxygens (including phenoxy) is 4. The number of hydrogen-bond acceptors (Lipinski definition) is 8. The first kappa shape index (κ1) is 30.9. The van der Waals surface area contributed by atoms with Crippen molar-refractivity contribution in [2.75, 3.05) is 27.4 Å². The molecule has 0 aliphatic carbocycles. The summed E-state index contributed by atoms with van der Waals surface area (Å²) in [5.41, 5.74) is 6.64. The molecule has 0 bridgehead atoms. The summed E-state index contributed by atoms with van der Waals surface area (Å²) in [5.74, 6) is -0.810. The molecule has 1 unspecified atom stereocenters. The standard InChI is InChI=1S/C26H41N3O7/c1-8-22(24(30)33-7)36-28-23(27)21(29(9-2)25(31)35-26(3,4)5)16-15-20(32-6)18-34-17-19-13-11-10-12-14-19/h8,10-14,20-21H,9,15-18H2,1-7H3,(H2,27,28)/t20-,21?/m0/s1. The van der Waals surface area contributed by atoms with Gasteiger partial charge in [0.25, 0.3) is 0 Å². The Labute approximate surface area is 214 Å². The largest absolute Gasteiger partial charge is 0.463 e. The topological polar surface area (TPSA) is 122 Å². The van der Waals surface area contributed by atoms with E-state index in [2.05, 4.69) is 9.89 Å². The summed E-state index contributed by atoms with van der Waals surface area (Å²) in [6, 6.07) is 9.16. The normalized spacial score (nSPS) is 14.1. The van der Waals surface area contributed by atoms with Crippen LogP contribution >= 0.6 is 0 Å². The van der Waals surface area contributed by atoms with Crippen LogP contribution in [0.2, 0.25) is 0 Å². The number of hydrogen-bond donors (Lipinski definition) is 1. The number of allylic oxidation sites excluding steroid dienone is 1. The molecule has 0 spiro atoms. The zero-order valence-electron chi connectivity index (χ0n) is 22.5. The van der Waals surface area contributed by atoms with Gasteiger partial charge >= 0.3 is 12.1 Å². The molecule has 0 saturated heterocycles. The van der Waals surface area contributed by atoms with Crippen molar-refractivity contribution in [2.45, 2.75) is 71.8 Å². The Morgan fingerprint density at radius 1 is 1.14 bits per heavy atom. The van der Waals surface area contributed by atoms with E-state index in [4.69, 9.17) is 24.8 Å². The average molecular weight is 508 g/mol. The number of methoxy groups -OCH3 is 2. The Morgan fingerprint density at radius 2 is 1.81 bits per heavy atom. The molecular formula is C26H41N3O7. The Bertz CT molecular complexity index is 866. The predicted molar refractivity (Wildman–Crippen MR) is 137 cm³/mol. The molecule has 1 amide bonds. The summed E-state index contributed by atoms with van der Waals surface area (Å²) in [6.07, 6.45) is 1.53. The number of nitrogens with two attached hydrogens (primary N) is 1. The van der Waals surface area contributed by atoms with Crippen LogP contribution in [0.4, 0.5) is 4.79 Å². The first-order valence-electron chi connectivity index (χ1n) is 11.9. The highest BCUT2D eigenvalue weighted by Gasteiger charge is 2.31. The molecule has 0 saturated carbocycles. The van der Waals surface area contributed by atoms with Crippen molar-refractivity contribution in [3.63, 3.8) is 0 Å². The Kier molecular flexibility index (Phi) is 13.6. The molecule has 2 atom stereocenters. The van der Waals surface area contributed by atoms with E-state index in [-0.39, 0.29) is 17.7 Å². The molecule has 1 rings (SSSR count). The number of carbonyl (C=O) groups is 2. The highest BCUT2D eigenvalue weighted by Crippen LogP contribution is 2.17. The van der Waals surface area contributed by atoms with E-state index in [1.165, 1.54) is 18.1 Å². The fourth-order valence-corrected chi connectivity index (χ4v) is 3.23. The van der Waals surface area contributed by atoms with Crippen molar-refractivity contribution in [3.8, 4) is 0 Å². The molecule has 10 nitrogen and oxygen atoms in total. The molecule has 10 heteroatoms. The van der Waals surface area contributed by atoms with Gasteiger partial charge in [0, 0.05) is 13.7 Å². The summed E-state index contributed by atoms with van der Waals surface area (Å²) in [5, 5.41) is 3.92. The number of nitrogens with zero attached hydrogens (tertiary/aromatic N) is 2. The van der Waals surface area contributed by atoms with Crippen molar-refractivity contribution in [1.82, 2.24) is 4.90 Å². The van der Waals surface area contributed by atoms with E-state index in [9.17, 15) is 9.59 Å². The third-order valence-electron chi connectivity index (χ3n) is 5.10. The Morgan fingerprint density at radius 3 is 2.33 bits per heavy atom. The number of carbonyl (C=O) groups excluding carboxylic acids is 2. The first-order chi connectivity index (χ1) is 17.1. The minimum atomic E-state index is -0.694. The lowest BCUT2D eigenvalue weighted by Gasteiger charge is -2.33. The maximum atomic E-state index is 12.9. The van der Waals surface area contributed by atoms with E-state index < -0.39 is 23.7 Å². The highest BCUT2D eigenvalue weighted by molar-refractivity contribution is 5.89. The van der Waals surface area contributed by atoms with Crippen LogP contribution in [0.5, 0.6) is 0 Å². The van der Waals surface area contributed by atoms with Crippen molar-refractivity contribution >= 4 is 17.9 Å². The van der Waals surface area contributed by atoms with Gasteiger partial charge in [0.05, 0.1) is 32.5 Å². The summed E-state index contributed by atoms with van der Waals surface area (Å²) < 4.78 is 21.6. The van der Waals surface area contributed by atoms with Crippen LogP contribution in [0, 0.1) is 0 Å². The molecule has 0 fully saturated rings. The van der Waals surface area contributed by atoms with E-state index >= 15 is 0 Å². The van der Waals surface area contributed by atoms with Gasteiger partial charge in [-0.1, -0.05) is 35.5 Å². The van der Waals surface area contributed by atoms with Crippen LogP contribution in [0.15, 0.2) is 47.3 Å². The first-order valence-corrected chi connectivity index (χ1v) is 11.9. The van der Waals surface area contributed by atoms with Gasteiger partial charge in [0.2, 0.25) is 5.76 Å². The van der Waals surface area contributed by atoms with Crippen LogP contribution in [0.25, 0.3) is 0 Å². The molecule has 0 radical (unpaired) electrons. The SMILES string of the molecule is CC=C(ON=C(N)C(CC[C@@H](COCc1ccccc1)OC)N(CC)C(=O)OC(C)(C)C)C(=O)OC. The lowest BCUT2D eigenvalue weighted by Crippen LogP contribution is -2.50. The summed E-state index contributed by atoms with van der Waals surface area (Å²) in [6.45, 7) is 9.90. The minimum absolute atomic E-state index is 0.00557. The fourth-order valence-electron chi connectivity index (χ4n) is 3.23. The zero-order chi connectivity index (χ0) is 27.1. The van der Waals surface area contributed by atoms with Crippen LogP contribution in [0.3, 0.4) is 0 Å². The van der Waals surface area contributed by atoms with Gasteiger partial charge in [0.1, 0.15) is 5.60 Å². The van der Waals surface area contributed by atoms with E-state index in [0.29, 0.717) is 32.6 Å². The lowest BCUT2D eigenvalue weighted by atomic mass is 10.1. The van der Waals surface area contributed by atoms with Gasteiger partial charge in [-0.15, -0.1) is 0 Å². The maximum absolute atomic E-state index is 12.9. The summed E-state index contributed by atoms with van der Waals surface area (Å²) in [7, 11) is 2.84. The van der Waals surface area contributed by atoms with Crippen molar-refractivity contribution < 1.29 is 33.4 Å². The number of amidine groups is 1. The number of benzene rings is 1. The number of esters is 1. The quantitative estimate of drug-likeness (QED) is 0.100. The molecule has 1 aromatic carbocycles. The average Bonchev–Trinajstić information content (AvgIpc) is 2.84. The third-order valence-corrected chi connectivity index (χ3v) is 5.10. The second kappa shape index (κ2) is 15.8. The fraction of sp³-hybridized carbons (Fsp3) is 0.577. The zero-order valence-corrected chi connectivity index (χ0v) is 22.5. The van der Waals surface area contributed by atoms with Gasteiger partial charge in [-0.3, -0.25) is 4.90 Å². The highest BCUT2D eigenvalue weighted by atomic mass is 16.7. The summed E-state index contributed by atoms with van der Waals surface area (Å²) >= 11 is 0. The third kappa shape index (κ3) is 11.1. The predicted octanol–water partition coefficient (Wildman–Crippen LogP) is 3.99. The van der Waals surface area contributed by atoms with Crippen LogP contribution in [-0.4, -0.2) is 67.9 Å². The minimum Gasteiger partial charge on any atom is -0.463 e. The molecule has 202 valence electrons. The molecule has 36 heavy (non-hydrogen) atoms. The number of oxime groups is 1. The van der Waals surface area contributed by atoms with Gasteiger partial charge in [0.15, 0.2) is 5.84 Å². The molecule has 1 aromatic rings. The molecule has 0 aliphatic heterocycles. The smallest absolute Gasteiger partial charge is 0.410 e. The lowest BCUT2D eigenvalue weighted by molar-refractivity contribution is -0.140. The second-order valence-corrected chi connectivity index (χ2v) is 8.97. The molecule has 0 aromatic heterocycles. The van der Waals surface area contributed by atoms with E-state index in [0.717, 1.165) is 5.56 Å². The Balaban J connectivity index is 2.99. The monoisotopic (exact) mass is 507 g/mol. The van der Waals surface area contributed by atoms with Gasteiger partial charge in [-0.05, 0) is 59.1 Å². The number of likely N-dealkylation sites (N-methyl/N-ethyl adjacent to an activating group) is 1. The van der Waals surface area contributed by atoms with Crippen LogP contribution in [-0.2, 0) is 35.2 Å². The second-order valence-electron chi connectivity index (χ2n) is 8.97. The van der Waals surface area contributed by atoms with Gasteiger partial charge < -0.3 is 29.5 Å². The number of amides is 1. The van der Waals surface area contributed by atoms with Crippen LogP contribution in [0.1, 0.15) is 53.0 Å². The Hall–Kier alpha value is -3.11. The van der Waals surface area contributed by atoms with Gasteiger partial charge in [-0.25, -0.2) is 9.59 Å². The molecule has 2 N–H and O–H groups in total. The van der Waals surface area contributed by atoms with E-state index in [1.807, 2.05) is 37.3 Å². The molecule has 0 heterocycles. The van der Waals surface area contributed by atoms with E-state index in [1.54, 1.807) is 34.8 Å². The van der Waals surface area contributed by atoms with Crippen molar-refractivity contribution in [1.29, 1.82) is 0 Å². The van der Waals surface area contributed by atoms with Crippen molar-refractivity contribution in [3.05, 3.63) is 47.7 Å². The maximum Gasteiger partial charge on any atom is 0.410 e. The van der Waals surface area contributed by atoms with Crippen LogP contribution < -0.4 is 5.73 Å². The molecular weight excluding hydrogens is 466 g/mol. The molecule has 0 aliphatic rings.